The summed E-state index contributed by atoms with van der Waals surface area (Å²) in [6.45, 7) is 5.65. The van der Waals surface area contributed by atoms with Gasteiger partial charge in [0.2, 0.25) is 5.91 Å². The van der Waals surface area contributed by atoms with E-state index in [1.54, 1.807) is 7.11 Å². The van der Waals surface area contributed by atoms with E-state index in [0.29, 0.717) is 19.2 Å². The van der Waals surface area contributed by atoms with Crippen molar-refractivity contribution >= 4 is 11.9 Å². The minimum Gasteiger partial charge on any atom is -0.383 e. The second-order valence-corrected chi connectivity index (χ2v) is 4.39. The number of ether oxygens (including phenoxy) is 1. The Kier molecular flexibility index (Phi) is 6.63. The molecule has 0 aromatic carbocycles. The van der Waals surface area contributed by atoms with Crippen LogP contribution in [0.5, 0.6) is 0 Å². The fourth-order valence-corrected chi connectivity index (χ4v) is 1.84. The predicted molar refractivity (Wildman–Crippen MR) is 67.3 cm³/mol. The van der Waals surface area contributed by atoms with Crippen LogP contribution in [0, 0.1) is 0 Å². The molecule has 1 saturated heterocycles. The highest BCUT2D eigenvalue weighted by atomic mass is 16.5. The number of imide groups is 1. The van der Waals surface area contributed by atoms with E-state index in [4.69, 9.17) is 4.74 Å². The predicted octanol–water partition coefficient (Wildman–Crippen LogP) is -1.25. The number of urea groups is 1. The summed E-state index contributed by atoms with van der Waals surface area (Å²) in [4.78, 5) is 24.9. The van der Waals surface area contributed by atoms with Crippen LogP contribution in [0.25, 0.3) is 0 Å². The molecule has 3 N–H and O–H groups in total. The van der Waals surface area contributed by atoms with Crippen LogP contribution >= 0.6 is 0 Å². The van der Waals surface area contributed by atoms with Gasteiger partial charge in [0.05, 0.1) is 13.2 Å². The van der Waals surface area contributed by atoms with E-state index in [1.165, 1.54) is 0 Å². The number of hydrogen-bond donors (Lipinski definition) is 3. The molecule has 1 aliphatic rings. The van der Waals surface area contributed by atoms with Gasteiger partial charge >= 0.3 is 6.03 Å². The summed E-state index contributed by atoms with van der Waals surface area (Å²) < 4.78 is 4.79. The molecule has 7 heteroatoms. The minimum atomic E-state index is -0.472. The quantitative estimate of drug-likeness (QED) is 0.537. The summed E-state index contributed by atoms with van der Waals surface area (Å²) in [5.41, 5.74) is 0. The maximum atomic E-state index is 11.6. The Morgan fingerprint density at radius 3 is 2.94 bits per heavy atom. The van der Waals surface area contributed by atoms with E-state index in [1.807, 2.05) is 4.90 Å². The number of rotatable bonds is 5. The smallest absolute Gasteiger partial charge is 0.321 e. The Balaban J connectivity index is 2.18. The number of hydrogen-bond acceptors (Lipinski definition) is 5. The number of methoxy groups -OCH3 is 1. The first-order valence-electron chi connectivity index (χ1n) is 6.14. The molecular formula is C11H22N4O3. The Bertz CT molecular complexity index is 285. The molecule has 1 aliphatic heterocycles. The highest BCUT2D eigenvalue weighted by Gasteiger charge is 2.18. The lowest BCUT2D eigenvalue weighted by Gasteiger charge is -2.31. The van der Waals surface area contributed by atoms with E-state index in [0.717, 1.165) is 19.6 Å². The lowest BCUT2D eigenvalue weighted by Crippen LogP contribution is -2.53. The summed E-state index contributed by atoms with van der Waals surface area (Å²) in [6.07, 6.45) is 0. The van der Waals surface area contributed by atoms with Crippen LogP contribution in [-0.2, 0) is 9.53 Å². The van der Waals surface area contributed by atoms with Crippen molar-refractivity contribution < 1.29 is 14.3 Å². The minimum absolute atomic E-state index is 0.254. The van der Waals surface area contributed by atoms with Crippen LogP contribution in [0.3, 0.4) is 0 Å². The van der Waals surface area contributed by atoms with Crippen molar-refractivity contribution in [3.8, 4) is 0 Å². The second-order valence-electron chi connectivity index (χ2n) is 4.39. The zero-order chi connectivity index (χ0) is 13.4. The van der Waals surface area contributed by atoms with Crippen molar-refractivity contribution in [2.45, 2.75) is 13.0 Å². The van der Waals surface area contributed by atoms with Crippen molar-refractivity contribution in [2.24, 2.45) is 0 Å². The third-order valence-corrected chi connectivity index (χ3v) is 2.66. The molecule has 104 valence electrons. The molecule has 0 aromatic heterocycles. The highest BCUT2D eigenvalue weighted by molar-refractivity contribution is 5.95. The van der Waals surface area contributed by atoms with Crippen molar-refractivity contribution in [3.63, 3.8) is 0 Å². The van der Waals surface area contributed by atoms with Crippen LogP contribution in [0.1, 0.15) is 6.92 Å². The normalized spacial score (nSPS) is 20.4. The lowest BCUT2D eigenvalue weighted by molar-refractivity contribution is -0.121. The molecule has 1 heterocycles. The standard InChI is InChI=1S/C11H22N4O3/c1-9-7-15(5-3-12-9)8-10(16)14-11(17)13-4-6-18-2/h9,12H,3-8H2,1-2H3,(H2,13,14,16,17). The van der Waals surface area contributed by atoms with Gasteiger partial charge in [0, 0.05) is 39.3 Å². The van der Waals surface area contributed by atoms with E-state index in [9.17, 15) is 9.59 Å². The Labute approximate surface area is 107 Å². The monoisotopic (exact) mass is 258 g/mol. The van der Waals surface area contributed by atoms with Crippen molar-refractivity contribution in [1.29, 1.82) is 0 Å². The zero-order valence-corrected chi connectivity index (χ0v) is 11.0. The topological polar surface area (TPSA) is 82.7 Å². The number of carbonyl (C=O) groups is 2. The third kappa shape index (κ3) is 5.95. The Morgan fingerprint density at radius 1 is 1.50 bits per heavy atom. The number of carbonyl (C=O) groups excluding carboxylic acids is 2. The SMILES string of the molecule is COCCNC(=O)NC(=O)CN1CCNC(C)C1. The van der Waals surface area contributed by atoms with Crippen molar-refractivity contribution in [2.75, 3.05) is 46.4 Å². The van der Waals surface area contributed by atoms with Crippen LogP contribution in [0.4, 0.5) is 4.79 Å². The van der Waals surface area contributed by atoms with Crippen LogP contribution in [-0.4, -0.2) is 69.3 Å². The fraction of sp³-hybridized carbons (Fsp3) is 0.818. The molecule has 0 saturated carbocycles. The molecule has 0 radical (unpaired) electrons. The van der Waals surface area contributed by atoms with Crippen LogP contribution < -0.4 is 16.0 Å². The zero-order valence-electron chi connectivity index (χ0n) is 11.0. The summed E-state index contributed by atoms with van der Waals surface area (Å²) in [7, 11) is 1.55. The number of amides is 3. The molecule has 0 aliphatic carbocycles. The van der Waals surface area contributed by atoms with Gasteiger partial charge in [-0.2, -0.15) is 0 Å². The van der Waals surface area contributed by atoms with Gasteiger partial charge in [-0.15, -0.1) is 0 Å². The third-order valence-electron chi connectivity index (χ3n) is 2.66. The molecule has 3 amide bonds. The fourth-order valence-electron chi connectivity index (χ4n) is 1.84. The largest absolute Gasteiger partial charge is 0.383 e. The summed E-state index contributed by atoms with van der Waals surface area (Å²) in [6, 6.07) is -0.0951. The van der Waals surface area contributed by atoms with Gasteiger partial charge < -0.3 is 15.4 Å². The molecule has 1 atom stereocenters. The van der Waals surface area contributed by atoms with Gasteiger partial charge in [0.25, 0.3) is 0 Å². The summed E-state index contributed by atoms with van der Waals surface area (Å²) >= 11 is 0. The summed E-state index contributed by atoms with van der Waals surface area (Å²) in [5.74, 6) is -0.279. The Morgan fingerprint density at radius 2 is 2.28 bits per heavy atom. The van der Waals surface area contributed by atoms with Gasteiger partial charge in [0.1, 0.15) is 0 Å². The average molecular weight is 258 g/mol. The maximum Gasteiger partial charge on any atom is 0.321 e. The molecule has 18 heavy (non-hydrogen) atoms. The van der Waals surface area contributed by atoms with Gasteiger partial charge in [-0.25, -0.2) is 4.79 Å². The van der Waals surface area contributed by atoms with Gasteiger partial charge in [-0.3, -0.25) is 15.0 Å². The maximum absolute atomic E-state index is 11.6. The molecule has 0 bridgehead atoms. The number of nitrogens with zero attached hydrogens (tertiary/aromatic N) is 1. The second kappa shape index (κ2) is 8.02. The van der Waals surface area contributed by atoms with E-state index in [2.05, 4.69) is 22.9 Å². The number of nitrogens with one attached hydrogen (secondary N) is 3. The first kappa shape index (κ1) is 14.9. The first-order valence-corrected chi connectivity index (χ1v) is 6.14. The van der Waals surface area contributed by atoms with Crippen molar-refractivity contribution in [1.82, 2.24) is 20.9 Å². The van der Waals surface area contributed by atoms with E-state index < -0.39 is 6.03 Å². The molecule has 1 rings (SSSR count). The Hall–Kier alpha value is -1.18. The number of piperazine rings is 1. The van der Waals surface area contributed by atoms with Crippen LogP contribution in [0.15, 0.2) is 0 Å². The highest BCUT2D eigenvalue weighted by Crippen LogP contribution is 1.97. The van der Waals surface area contributed by atoms with Gasteiger partial charge in [-0.1, -0.05) is 0 Å². The first-order chi connectivity index (χ1) is 8.61. The molecule has 0 aromatic rings. The van der Waals surface area contributed by atoms with Crippen molar-refractivity contribution in [3.05, 3.63) is 0 Å². The molecular weight excluding hydrogens is 236 g/mol. The molecule has 1 unspecified atom stereocenters. The molecule has 7 nitrogen and oxygen atoms in total. The molecule has 0 spiro atoms. The lowest BCUT2D eigenvalue weighted by atomic mass is 10.2. The van der Waals surface area contributed by atoms with E-state index in [-0.39, 0.29) is 12.5 Å². The molecule has 1 fully saturated rings. The van der Waals surface area contributed by atoms with Crippen LogP contribution in [0.2, 0.25) is 0 Å². The van der Waals surface area contributed by atoms with E-state index >= 15 is 0 Å². The van der Waals surface area contributed by atoms with Gasteiger partial charge in [0.15, 0.2) is 0 Å². The summed E-state index contributed by atoms with van der Waals surface area (Å²) in [5, 5.41) is 8.12. The van der Waals surface area contributed by atoms with Gasteiger partial charge in [-0.05, 0) is 6.92 Å². The average Bonchev–Trinajstić information content (AvgIpc) is 2.29.